The van der Waals surface area contributed by atoms with E-state index in [1.54, 1.807) is 0 Å². The molecule has 0 aliphatic carbocycles. The molecule has 170 valence electrons. The van der Waals surface area contributed by atoms with Gasteiger partial charge in [-0.15, -0.1) is 0 Å². The molecule has 7 heteroatoms. The number of carboxylic acid groups (broad SMARTS) is 1. The molecule has 33 heavy (non-hydrogen) atoms. The van der Waals surface area contributed by atoms with Gasteiger partial charge in [-0.2, -0.15) is 0 Å². The maximum Gasteiger partial charge on any atom is 0.410 e. The number of hydrogen-bond acceptors (Lipinski definition) is 4. The second-order valence-electron chi connectivity index (χ2n) is 8.13. The number of likely N-dealkylation sites (tertiary alicyclic amines) is 1. The normalized spacial score (nSPS) is 16.4. The molecule has 2 atom stereocenters. The van der Waals surface area contributed by atoms with Crippen LogP contribution in [0.15, 0.2) is 72.8 Å². The van der Waals surface area contributed by atoms with Crippen molar-refractivity contribution in [3.8, 4) is 0 Å². The van der Waals surface area contributed by atoms with E-state index in [1.165, 1.54) is 4.90 Å². The summed E-state index contributed by atoms with van der Waals surface area (Å²) in [6.07, 6.45) is 0.692. The second-order valence-corrected chi connectivity index (χ2v) is 8.13. The predicted molar refractivity (Wildman–Crippen MR) is 124 cm³/mol. The number of fused-ring (bicyclic) bond motifs is 1. The van der Waals surface area contributed by atoms with Crippen molar-refractivity contribution >= 4 is 28.7 Å². The Morgan fingerprint density at radius 2 is 1.73 bits per heavy atom. The van der Waals surface area contributed by atoms with Crippen LogP contribution in [-0.2, 0) is 27.4 Å². The Labute approximate surface area is 192 Å². The molecule has 0 spiro atoms. The Morgan fingerprint density at radius 3 is 2.52 bits per heavy atom. The van der Waals surface area contributed by atoms with Gasteiger partial charge in [0.25, 0.3) is 0 Å². The zero-order chi connectivity index (χ0) is 23.2. The van der Waals surface area contributed by atoms with Crippen molar-refractivity contribution in [2.24, 2.45) is 0 Å². The number of aliphatic carboxylic acids is 1. The van der Waals surface area contributed by atoms with Crippen LogP contribution < -0.4 is 5.32 Å². The first-order valence-electron chi connectivity index (χ1n) is 11.0. The number of nitrogens with zero attached hydrogens (tertiary/aromatic N) is 1. The van der Waals surface area contributed by atoms with Crippen LogP contribution in [0.25, 0.3) is 10.8 Å². The van der Waals surface area contributed by atoms with Crippen molar-refractivity contribution in [2.45, 2.75) is 38.0 Å². The number of rotatable bonds is 7. The third-order valence-corrected chi connectivity index (χ3v) is 5.91. The highest BCUT2D eigenvalue weighted by Crippen LogP contribution is 2.22. The molecule has 1 aliphatic heterocycles. The van der Waals surface area contributed by atoms with E-state index in [0.29, 0.717) is 19.4 Å². The summed E-state index contributed by atoms with van der Waals surface area (Å²) >= 11 is 0. The summed E-state index contributed by atoms with van der Waals surface area (Å²) in [5.41, 5.74) is 1.69. The van der Waals surface area contributed by atoms with Crippen molar-refractivity contribution < 1.29 is 24.2 Å². The van der Waals surface area contributed by atoms with Crippen LogP contribution in [0.5, 0.6) is 0 Å². The van der Waals surface area contributed by atoms with Gasteiger partial charge in [-0.05, 0) is 34.7 Å². The number of nitrogens with one attached hydrogen (secondary N) is 1. The number of hydrogen-bond donors (Lipinski definition) is 2. The molecule has 2 N–H and O–H groups in total. The van der Waals surface area contributed by atoms with Crippen LogP contribution in [-0.4, -0.2) is 46.6 Å². The van der Waals surface area contributed by atoms with Gasteiger partial charge in [0.15, 0.2) is 0 Å². The Balaban J connectivity index is 1.42. The smallest absolute Gasteiger partial charge is 0.410 e. The molecule has 0 saturated carbocycles. The molecule has 0 bridgehead atoms. The fraction of sp³-hybridized carbons (Fsp3) is 0.269. The second kappa shape index (κ2) is 10.2. The van der Waals surface area contributed by atoms with Gasteiger partial charge in [0.05, 0.1) is 0 Å². The number of carbonyl (C=O) groups is 3. The van der Waals surface area contributed by atoms with Gasteiger partial charge in [-0.1, -0.05) is 72.8 Å². The minimum atomic E-state index is -1.12. The van der Waals surface area contributed by atoms with Gasteiger partial charge < -0.3 is 15.2 Å². The van der Waals surface area contributed by atoms with Crippen molar-refractivity contribution in [3.05, 3.63) is 83.9 Å². The third kappa shape index (κ3) is 5.31. The van der Waals surface area contributed by atoms with E-state index < -0.39 is 30.1 Å². The van der Waals surface area contributed by atoms with E-state index in [2.05, 4.69) is 5.32 Å². The maximum absolute atomic E-state index is 13.0. The zero-order valence-corrected chi connectivity index (χ0v) is 18.1. The lowest BCUT2D eigenvalue weighted by atomic mass is 9.98. The third-order valence-electron chi connectivity index (χ3n) is 5.91. The number of ether oxygens (including phenoxy) is 1. The lowest BCUT2D eigenvalue weighted by Crippen LogP contribution is -2.51. The molecule has 7 nitrogen and oxygen atoms in total. The van der Waals surface area contributed by atoms with Gasteiger partial charge in [0, 0.05) is 13.0 Å². The Bertz CT molecular complexity index is 1140. The lowest BCUT2D eigenvalue weighted by Gasteiger charge is -2.25. The molecule has 4 rings (SSSR count). The summed E-state index contributed by atoms with van der Waals surface area (Å²) < 4.78 is 5.38. The topological polar surface area (TPSA) is 95.9 Å². The van der Waals surface area contributed by atoms with E-state index in [-0.39, 0.29) is 13.0 Å². The summed E-state index contributed by atoms with van der Waals surface area (Å²) in [6.45, 7) is 0.510. The van der Waals surface area contributed by atoms with E-state index in [4.69, 9.17) is 4.74 Å². The molecule has 3 aromatic rings. The number of amides is 2. The van der Waals surface area contributed by atoms with Crippen LogP contribution >= 0.6 is 0 Å². The lowest BCUT2D eigenvalue weighted by molar-refractivity contribution is -0.142. The molecule has 1 aliphatic rings. The van der Waals surface area contributed by atoms with E-state index in [1.807, 2.05) is 72.8 Å². The number of carboxylic acids is 1. The van der Waals surface area contributed by atoms with Crippen LogP contribution in [0, 0.1) is 0 Å². The molecular formula is C26H26N2O5. The standard InChI is InChI=1S/C26H26N2O5/c29-24(23-14-7-15-28(23)26(32)33-17-18-8-2-1-3-9-18)27-22(25(30)31)16-20-12-6-11-19-10-4-5-13-21(19)20/h1-6,8-13,22-23H,7,14-17H2,(H,27,29)(H,30,31)/t22-,23+/m0/s1. The van der Waals surface area contributed by atoms with E-state index in [9.17, 15) is 19.5 Å². The van der Waals surface area contributed by atoms with Crippen LogP contribution in [0.3, 0.4) is 0 Å². The van der Waals surface area contributed by atoms with Crippen molar-refractivity contribution in [2.75, 3.05) is 6.54 Å². The predicted octanol–water partition coefficient (Wildman–Crippen LogP) is 3.75. The number of carbonyl (C=O) groups excluding carboxylic acids is 2. The summed E-state index contributed by atoms with van der Waals surface area (Å²) in [5, 5.41) is 14.4. The highest BCUT2D eigenvalue weighted by atomic mass is 16.6. The maximum atomic E-state index is 13.0. The SMILES string of the molecule is O=C(O)[C@H](Cc1cccc2ccccc12)NC(=O)[C@H]1CCCN1C(=O)OCc1ccccc1. The number of benzene rings is 3. The summed E-state index contributed by atoms with van der Waals surface area (Å²) in [5.74, 6) is -1.59. The molecule has 1 fully saturated rings. The van der Waals surface area contributed by atoms with Crippen molar-refractivity contribution in [3.63, 3.8) is 0 Å². The first-order valence-corrected chi connectivity index (χ1v) is 11.0. The molecule has 0 aromatic heterocycles. The molecule has 1 heterocycles. The van der Waals surface area contributed by atoms with Crippen molar-refractivity contribution in [1.82, 2.24) is 10.2 Å². The highest BCUT2D eigenvalue weighted by Gasteiger charge is 2.36. The quantitative estimate of drug-likeness (QED) is 0.576. The largest absolute Gasteiger partial charge is 0.480 e. The van der Waals surface area contributed by atoms with E-state index >= 15 is 0 Å². The molecular weight excluding hydrogens is 420 g/mol. The van der Waals surface area contributed by atoms with Gasteiger partial charge in [0.1, 0.15) is 18.7 Å². The molecule has 0 unspecified atom stereocenters. The Morgan fingerprint density at radius 1 is 1.00 bits per heavy atom. The van der Waals surface area contributed by atoms with Crippen LogP contribution in [0.1, 0.15) is 24.0 Å². The molecule has 2 amide bonds. The molecule has 1 saturated heterocycles. The van der Waals surface area contributed by atoms with Crippen LogP contribution in [0.2, 0.25) is 0 Å². The van der Waals surface area contributed by atoms with Gasteiger partial charge >= 0.3 is 12.1 Å². The van der Waals surface area contributed by atoms with Crippen LogP contribution in [0.4, 0.5) is 4.79 Å². The van der Waals surface area contributed by atoms with Gasteiger partial charge in [-0.25, -0.2) is 9.59 Å². The minimum absolute atomic E-state index is 0.114. The fourth-order valence-electron chi connectivity index (χ4n) is 4.22. The average molecular weight is 447 g/mol. The van der Waals surface area contributed by atoms with Gasteiger partial charge in [0.2, 0.25) is 5.91 Å². The summed E-state index contributed by atoms with van der Waals surface area (Å²) in [4.78, 5) is 38.9. The van der Waals surface area contributed by atoms with E-state index in [0.717, 1.165) is 21.9 Å². The highest BCUT2D eigenvalue weighted by molar-refractivity contribution is 5.91. The first kappa shape index (κ1) is 22.3. The average Bonchev–Trinajstić information content (AvgIpc) is 3.33. The summed E-state index contributed by atoms with van der Waals surface area (Å²) in [6, 6.07) is 20.9. The minimum Gasteiger partial charge on any atom is -0.480 e. The van der Waals surface area contributed by atoms with Crippen molar-refractivity contribution in [1.29, 1.82) is 0 Å². The monoisotopic (exact) mass is 446 g/mol. The Kier molecular flexibility index (Phi) is 6.88. The summed E-state index contributed by atoms with van der Waals surface area (Å²) in [7, 11) is 0. The van der Waals surface area contributed by atoms with Gasteiger partial charge in [-0.3, -0.25) is 9.69 Å². The Hall–Kier alpha value is -3.87. The fourth-order valence-corrected chi connectivity index (χ4v) is 4.22. The first-order chi connectivity index (χ1) is 16.0. The zero-order valence-electron chi connectivity index (χ0n) is 18.1. The molecule has 0 radical (unpaired) electrons. The molecule has 3 aromatic carbocycles.